The van der Waals surface area contributed by atoms with Crippen molar-refractivity contribution < 1.29 is 19.1 Å². The van der Waals surface area contributed by atoms with Crippen molar-refractivity contribution in [3.05, 3.63) is 70.8 Å². The molecule has 0 aliphatic heterocycles. The molecule has 3 amide bonds. The Labute approximate surface area is 237 Å². The SMILES string of the molecule is CSCCC(NC(=O)OC(C)(C)C)C(=O)N(C1CCC1)C(C(=O)NCc1ccccc1)c1cccc(C)c1C. The van der Waals surface area contributed by atoms with Gasteiger partial charge in [-0.2, -0.15) is 11.8 Å². The minimum Gasteiger partial charge on any atom is -0.444 e. The first kappa shape index (κ1) is 30.5. The van der Waals surface area contributed by atoms with Gasteiger partial charge in [0.15, 0.2) is 0 Å². The number of alkyl carbamates (subject to hydrolysis) is 1. The van der Waals surface area contributed by atoms with E-state index in [1.807, 2.05) is 68.6 Å². The highest BCUT2D eigenvalue weighted by atomic mass is 32.2. The van der Waals surface area contributed by atoms with Gasteiger partial charge >= 0.3 is 6.09 Å². The number of thioether (sulfide) groups is 1. The highest BCUT2D eigenvalue weighted by Crippen LogP contribution is 2.35. The fraction of sp³-hybridized carbons (Fsp3) is 0.516. The molecule has 1 saturated carbocycles. The van der Waals surface area contributed by atoms with E-state index < -0.39 is 23.8 Å². The minimum absolute atomic E-state index is 0.0814. The van der Waals surface area contributed by atoms with Crippen molar-refractivity contribution in [2.45, 2.75) is 90.6 Å². The van der Waals surface area contributed by atoms with Crippen LogP contribution in [-0.2, 0) is 20.9 Å². The van der Waals surface area contributed by atoms with Gasteiger partial charge in [-0.15, -0.1) is 0 Å². The van der Waals surface area contributed by atoms with Gasteiger partial charge in [-0.3, -0.25) is 9.59 Å². The Morgan fingerprint density at radius 2 is 1.74 bits per heavy atom. The van der Waals surface area contributed by atoms with E-state index in [0.29, 0.717) is 18.7 Å². The maximum Gasteiger partial charge on any atom is 0.408 e. The monoisotopic (exact) mass is 553 g/mol. The van der Waals surface area contributed by atoms with Gasteiger partial charge in [0.2, 0.25) is 11.8 Å². The van der Waals surface area contributed by atoms with E-state index in [1.54, 1.807) is 37.4 Å². The van der Waals surface area contributed by atoms with Gasteiger partial charge in [0, 0.05) is 12.6 Å². The Hall–Kier alpha value is -3.00. The number of carbonyl (C=O) groups is 3. The van der Waals surface area contributed by atoms with E-state index in [2.05, 4.69) is 10.6 Å². The summed E-state index contributed by atoms with van der Waals surface area (Å²) in [4.78, 5) is 42.8. The van der Waals surface area contributed by atoms with Crippen molar-refractivity contribution >= 4 is 29.7 Å². The quantitative estimate of drug-likeness (QED) is 0.373. The van der Waals surface area contributed by atoms with Crippen molar-refractivity contribution in [2.75, 3.05) is 12.0 Å². The summed E-state index contributed by atoms with van der Waals surface area (Å²) in [5.74, 6) is 0.202. The predicted octanol–water partition coefficient (Wildman–Crippen LogP) is 5.69. The highest BCUT2D eigenvalue weighted by molar-refractivity contribution is 7.98. The normalized spacial score (nSPS) is 15.0. The molecule has 3 rings (SSSR count). The topological polar surface area (TPSA) is 87.7 Å². The summed E-state index contributed by atoms with van der Waals surface area (Å²) in [6.45, 7) is 9.74. The second-order valence-corrected chi connectivity index (χ2v) is 12.2. The van der Waals surface area contributed by atoms with Crippen LogP contribution < -0.4 is 10.6 Å². The van der Waals surface area contributed by atoms with Crippen LogP contribution in [0.3, 0.4) is 0 Å². The Balaban J connectivity index is 1.99. The second-order valence-electron chi connectivity index (χ2n) is 11.2. The van der Waals surface area contributed by atoms with E-state index in [1.165, 1.54) is 0 Å². The fourth-order valence-corrected chi connectivity index (χ4v) is 5.15. The number of nitrogens with one attached hydrogen (secondary N) is 2. The number of benzene rings is 2. The van der Waals surface area contributed by atoms with Gasteiger partial charge < -0.3 is 20.3 Å². The first-order chi connectivity index (χ1) is 18.5. The number of hydrogen-bond donors (Lipinski definition) is 2. The van der Waals surface area contributed by atoms with Crippen LogP contribution in [0, 0.1) is 13.8 Å². The van der Waals surface area contributed by atoms with Crippen LogP contribution in [0.5, 0.6) is 0 Å². The van der Waals surface area contributed by atoms with E-state index in [-0.39, 0.29) is 17.9 Å². The van der Waals surface area contributed by atoms with Crippen LogP contribution in [0.25, 0.3) is 0 Å². The molecule has 0 heterocycles. The molecule has 1 aliphatic rings. The van der Waals surface area contributed by atoms with Crippen LogP contribution in [0.4, 0.5) is 4.79 Å². The van der Waals surface area contributed by atoms with E-state index in [4.69, 9.17) is 4.74 Å². The zero-order valence-corrected chi connectivity index (χ0v) is 24.9. The third kappa shape index (κ3) is 8.49. The summed E-state index contributed by atoms with van der Waals surface area (Å²) in [6.07, 6.45) is 4.41. The molecule has 2 unspecified atom stereocenters. The van der Waals surface area contributed by atoms with Crippen molar-refractivity contribution in [3.8, 4) is 0 Å². The maximum absolute atomic E-state index is 14.3. The predicted molar refractivity (Wildman–Crippen MR) is 158 cm³/mol. The minimum atomic E-state index is -0.816. The standard InChI is InChI=1S/C31H43N3O4S/c1-21-12-10-17-25(22(21)2)27(28(35)32-20-23-13-8-7-9-14-23)34(24-15-11-16-24)29(36)26(18-19-39-6)33-30(37)38-31(3,4)5/h7-10,12-14,17,24,26-27H,11,15-16,18-20H2,1-6H3,(H,32,35)(H,33,37). The Kier molecular flexibility index (Phi) is 10.9. The fourth-order valence-electron chi connectivity index (χ4n) is 4.67. The van der Waals surface area contributed by atoms with Gasteiger partial charge in [-0.05, 0) is 94.6 Å². The molecule has 0 aromatic heterocycles. The highest BCUT2D eigenvalue weighted by Gasteiger charge is 2.42. The smallest absolute Gasteiger partial charge is 0.408 e. The molecular formula is C31H43N3O4S. The Morgan fingerprint density at radius 1 is 1.05 bits per heavy atom. The van der Waals surface area contributed by atoms with E-state index in [0.717, 1.165) is 41.5 Å². The second kappa shape index (κ2) is 13.9. The molecule has 7 nitrogen and oxygen atoms in total. The number of aryl methyl sites for hydroxylation is 1. The summed E-state index contributed by atoms with van der Waals surface area (Å²) in [5, 5.41) is 5.91. The third-order valence-corrected chi connectivity index (χ3v) is 7.74. The molecular weight excluding hydrogens is 510 g/mol. The number of amides is 3. The molecule has 0 radical (unpaired) electrons. The van der Waals surface area contributed by atoms with Gasteiger partial charge in [-0.25, -0.2) is 4.79 Å². The molecule has 2 aromatic rings. The average Bonchev–Trinajstić information content (AvgIpc) is 2.85. The summed E-state index contributed by atoms with van der Waals surface area (Å²) >= 11 is 1.61. The lowest BCUT2D eigenvalue weighted by Crippen LogP contribution is -2.57. The molecule has 2 atom stereocenters. The van der Waals surface area contributed by atoms with Crippen molar-refractivity contribution in [3.63, 3.8) is 0 Å². The number of nitrogens with zero attached hydrogens (tertiary/aromatic N) is 1. The van der Waals surface area contributed by atoms with Gasteiger partial charge in [0.25, 0.3) is 0 Å². The van der Waals surface area contributed by atoms with E-state index >= 15 is 0 Å². The number of rotatable bonds is 11. The number of carbonyl (C=O) groups excluding carboxylic acids is 3. The number of hydrogen-bond acceptors (Lipinski definition) is 5. The van der Waals surface area contributed by atoms with Gasteiger partial charge in [0.05, 0.1) is 0 Å². The molecule has 39 heavy (non-hydrogen) atoms. The third-order valence-electron chi connectivity index (χ3n) is 7.10. The maximum atomic E-state index is 14.3. The molecule has 0 bridgehead atoms. The van der Waals surface area contributed by atoms with Crippen molar-refractivity contribution in [1.29, 1.82) is 0 Å². The Bertz CT molecular complexity index is 1130. The molecule has 8 heteroatoms. The molecule has 2 N–H and O–H groups in total. The molecule has 212 valence electrons. The molecule has 1 aliphatic carbocycles. The number of ether oxygens (including phenoxy) is 1. The van der Waals surface area contributed by atoms with Gasteiger partial charge in [-0.1, -0.05) is 48.5 Å². The summed E-state index contributed by atoms with van der Waals surface area (Å²) in [6, 6.07) is 13.9. The van der Waals surface area contributed by atoms with Crippen molar-refractivity contribution in [2.24, 2.45) is 0 Å². The summed E-state index contributed by atoms with van der Waals surface area (Å²) in [5.41, 5.74) is 3.14. The molecule has 2 aromatic carbocycles. The van der Waals surface area contributed by atoms with Crippen LogP contribution in [0.15, 0.2) is 48.5 Å². The first-order valence-corrected chi connectivity index (χ1v) is 15.1. The van der Waals surface area contributed by atoms with Crippen LogP contribution in [0.1, 0.15) is 74.8 Å². The van der Waals surface area contributed by atoms with E-state index in [9.17, 15) is 14.4 Å². The first-order valence-electron chi connectivity index (χ1n) is 13.7. The largest absolute Gasteiger partial charge is 0.444 e. The van der Waals surface area contributed by atoms with Crippen molar-refractivity contribution in [1.82, 2.24) is 15.5 Å². The van der Waals surface area contributed by atoms with Gasteiger partial charge in [0.1, 0.15) is 17.7 Å². The Morgan fingerprint density at radius 3 is 2.33 bits per heavy atom. The zero-order valence-electron chi connectivity index (χ0n) is 24.1. The summed E-state index contributed by atoms with van der Waals surface area (Å²) < 4.78 is 5.49. The zero-order chi connectivity index (χ0) is 28.6. The molecule has 0 spiro atoms. The lowest BCUT2D eigenvalue weighted by Gasteiger charge is -2.44. The lowest BCUT2D eigenvalue weighted by molar-refractivity contribution is -0.147. The van der Waals surface area contributed by atoms with Crippen LogP contribution in [-0.4, -0.2) is 52.5 Å². The molecule has 0 saturated heterocycles. The lowest BCUT2D eigenvalue weighted by atomic mass is 9.86. The average molecular weight is 554 g/mol. The summed E-state index contributed by atoms with van der Waals surface area (Å²) in [7, 11) is 0. The van der Waals surface area contributed by atoms with Crippen LogP contribution >= 0.6 is 11.8 Å². The van der Waals surface area contributed by atoms with Crippen LogP contribution in [0.2, 0.25) is 0 Å². The molecule has 1 fully saturated rings.